The van der Waals surface area contributed by atoms with Gasteiger partial charge in [-0.05, 0) is 79.1 Å². The Labute approximate surface area is 664 Å². The third-order valence-electron chi connectivity index (χ3n) is 13.7. The maximum absolute atomic E-state index is 11.0. The van der Waals surface area contributed by atoms with Gasteiger partial charge in [0.15, 0.2) is 52.0 Å². The first-order chi connectivity index (χ1) is 52.8. The van der Waals surface area contributed by atoms with E-state index in [9.17, 15) is 105 Å². The van der Waals surface area contributed by atoms with Crippen LogP contribution in [0.2, 0.25) is 0 Å². The maximum Gasteiger partial charge on any atom is 0.223 e. The fourth-order valence-corrected chi connectivity index (χ4v) is 7.94. The summed E-state index contributed by atoms with van der Waals surface area (Å²) in [6.07, 6.45) is 15.1. The Morgan fingerprint density at radius 1 is 0.179 bits per heavy atom. The summed E-state index contributed by atoms with van der Waals surface area (Å²) >= 11 is 0. The molecule has 0 amide bonds. The molecule has 0 spiro atoms. The molecule has 0 fully saturated rings. The number of hydrogen-bond donors (Lipinski definition) is 0. The Morgan fingerprint density at radius 2 is 0.438 bits per heavy atom. The highest BCUT2D eigenvalue weighted by atomic mass is 16.5. The van der Waals surface area contributed by atoms with Crippen molar-refractivity contribution in [3.8, 4) is 0 Å². The van der Waals surface area contributed by atoms with E-state index in [1.807, 2.05) is 20.8 Å². The minimum Gasteiger partial charge on any atom is -0.377 e. The lowest BCUT2D eigenvalue weighted by Crippen LogP contribution is -2.18. The van der Waals surface area contributed by atoms with Crippen LogP contribution in [0, 0.1) is 0 Å². The van der Waals surface area contributed by atoms with Gasteiger partial charge in [0.25, 0.3) is 0 Å². The number of rotatable bonds is 63. The number of carbonyl (C=O) groups is 22. The normalized spacial score (nSPS) is 9.77. The van der Waals surface area contributed by atoms with Crippen molar-refractivity contribution >= 4 is 127 Å². The van der Waals surface area contributed by atoms with Gasteiger partial charge in [-0.15, -0.1) is 0 Å². The zero-order valence-electron chi connectivity index (χ0n) is 70.6. The van der Waals surface area contributed by atoms with Crippen molar-refractivity contribution in [3.05, 3.63) is 0 Å². The van der Waals surface area contributed by atoms with Crippen LogP contribution in [0.1, 0.15) is 268 Å². The SMILES string of the molecule is CCC(=O)CCCC(=O)COC.CCCC(=O)CCC(=O)COC.CCCCC(=O)CC(=O)COC.CCCCCC(=O)C(=O)COC.COCC(=O)C(=O)CCCC(C)=O.COCC(=O)CC(=O)CCC(C)=O.COCC(=O)CCC(=O)CC(C)=O.COCC(=O)CCCC(=O)C(C)=O.COCC(=O)CCCCC(C)=O. The molecule has 0 heterocycles. The fourth-order valence-electron chi connectivity index (χ4n) is 7.94. The average molecular weight is 1610 g/mol. The van der Waals surface area contributed by atoms with Crippen molar-refractivity contribution in [2.45, 2.75) is 268 Å². The van der Waals surface area contributed by atoms with Crippen molar-refractivity contribution in [1.29, 1.82) is 0 Å². The number of carbonyl (C=O) groups excluding carboxylic acids is 22. The molecular weight excluding hydrogens is 1470 g/mol. The van der Waals surface area contributed by atoms with Crippen molar-refractivity contribution in [1.82, 2.24) is 0 Å². The van der Waals surface area contributed by atoms with Gasteiger partial charge in [0.05, 0.1) is 19.3 Å². The van der Waals surface area contributed by atoms with Gasteiger partial charge in [-0.3, -0.25) is 91.1 Å². The van der Waals surface area contributed by atoms with Crippen LogP contribution < -0.4 is 0 Å². The molecule has 0 aliphatic rings. The van der Waals surface area contributed by atoms with Gasteiger partial charge in [-0.25, -0.2) is 0 Å². The predicted molar refractivity (Wildman–Crippen MR) is 416 cm³/mol. The molecule has 0 unspecified atom stereocenters. The van der Waals surface area contributed by atoms with E-state index in [-0.39, 0.29) is 216 Å². The molecule has 0 radical (unpaired) electrons. The Kier molecular flexibility index (Phi) is 101. The molecule has 0 aromatic rings. The highest BCUT2D eigenvalue weighted by molar-refractivity contribution is 6.38. The van der Waals surface area contributed by atoms with Crippen molar-refractivity contribution in [3.63, 3.8) is 0 Å². The highest BCUT2D eigenvalue weighted by Crippen LogP contribution is 2.06. The molecule has 0 atom stereocenters. The van der Waals surface area contributed by atoms with Crippen LogP contribution in [0.25, 0.3) is 0 Å². The van der Waals surface area contributed by atoms with Gasteiger partial charge < -0.3 is 57.0 Å². The summed E-state index contributed by atoms with van der Waals surface area (Å²) in [6.45, 7) is 15.3. The number of hydrogen-bond acceptors (Lipinski definition) is 31. The highest BCUT2D eigenvalue weighted by Gasteiger charge is 2.16. The quantitative estimate of drug-likeness (QED) is 0.0311. The fraction of sp³-hybridized carbons (Fsp3) is 0.728. The first-order valence-electron chi connectivity index (χ1n) is 37.5. The standard InChI is InChI=1S/4C9H14O4.5C9H16O3/c1-7(10)5-8(11)3-4-9(12)6-13-2;1-7(10)3-4-8(11)5-9(12)6-13-2;1-7(10)9(12)5-3-4-8(11)6-13-2;1-7(10)4-3-5-8(11)9(12)6-13-2;1-8(10)5-3-4-6-9(11)7-12-2;1-3-8(10)5-4-6-9(11)7-12-2;1-3-4-8(10)5-6-9(11)7-12-2;1-3-4-5-8(10)6-9(11)7-12-2;1-3-4-5-6-8(10)9(11)7-12-2/h4*3-6H2,1-2H3;5*3-7H2,1-2H3. The lowest BCUT2D eigenvalue weighted by Gasteiger charge is -1.98. The minimum atomic E-state index is -0.522. The summed E-state index contributed by atoms with van der Waals surface area (Å²) in [4.78, 5) is 238. The molecule has 0 aliphatic heterocycles. The van der Waals surface area contributed by atoms with E-state index >= 15 is 0 Å². The van der Waals surface area contributed by atoms with Gasteiger partial charge >= 0.3 is 0 Å². The molecular formula is C81H136O31. The third-order valence-corrected chi connectivity index (χ3v) is 13.7. The first-order valence-corrected chi connectivity index (χ1v) is 37.5. The lowest BCUT2D eigenvalue weighted by molar-refractivity contribution is -0.138. The number of methoxy groups -OCH3 is 9. The Morgan fingerprint density at radius 3 is 0.786 bits per heavy atom. The zero-order valence-corrected chi connectivity index (χ0v) is 70.6. The third kappa shape index (κ3) is 111. The van der Waals surface area contributed by atoms with Crippen LogP contribution in [0.15, 0.2) is 0 Å². The average Bonchev–Trinajstić information content (AvgIpc) is 1.01. The van der Waals surface area contributed by atoms with Crippen molar-refractivity contribution in [2.24, 2.45) is 0 Å². The lowest BCUT2D eigenvalue weighted by atomic mass is 10.1. The van der Waals surface area contributed by atoms with E-state index in [0.29, 0.717) is 96.3 Å². The van der Waals surface area contributed by atoms with Gasteiger partial charge in [0.2, 0.25) is 23.1 Å². The summed E-state index contributed by atoms with van der Waals surface area (Å²) in [7, 11) is 13.0. The molecule has 0 saturated carbocycles. The summed E-state index contributed by atoms with van der Waals surface area (Å²) < 4.78 is 41.4. The second-order valence-corrected chi connectivity index (χ2v) is 25.3. The Bertz CT molecular complexity index is 2720. The minimum absolute atomic E-state index is 0.00181. The second kappa shape index (κ2) is 92.3. The van der Waals surface area contributed by atoms with E-state index in [0.717, 1.165) is 51.4 Å². The van der Waals surface area contributed by atoms with E-state index in [4.69, 9.17) is 0 Å². The van der Waals surface area contributed by atoms with Gasteiger partial charge in [-0.1, -0.05) is 47.0 Å². The van der Waals surface area contributed by atoms with Gasteiger partial charge in [0.1, 0.15) is 112 Å². The van der Waals surface area contributed by atoms with Gasteiger partial charge in [0, 0.05) is 186 Å². The summed E-state index contributed by atoms with van der Waals surface area (Å²) in [5.74, 6) is -2.82. The molecule has 0 N–H and O–H groups in total. The first kappa shape index (κ1) is 123. The molecule has 31 heteroatoms. The van der Waals surface area contributed by atoms with Crippen LogP contribution in [-0.2, 0) is 148 Å². The van der Waals surface area contributed by atoms with Crippen molar-refractivity contribution in [2.75, 3.05) is 123 Å². The smallest absolute Gasteiger partial charge is 0.223 e. The second-order valence-electron chi connectivity index (χ2n) is 25.3. The van der Waals surface area contributed by atoms with Crippen LogP contribution >= 0.6 is 0 Å². The predicted octanol–water partition coefficient (Wildman–Crippen LogP) is 8.88. The van der Waals surface area contributed by atoms with E-state index in [2.05, 4.69) is 49.6 Å². The molecule has 0 rings (SSSR count). The molecule has 0 saturated heterocycles. The molecule has 0 aliphatic carbocycles. The Hall–Kier alpha value is -7.62. The Balaban J connectivity index is -0.000000152. The summed E-state index contributed by atoms with van der Waals surface area (Å²) in [6, 6.07) is 0. The topological polar surface area (TPSA) is 459 Å². The molecule has 0 aromatic carbocycles. The molecule has 112 heavy (non-hydrogen) atoms. The molecule has 646 valence electrons. The number of ketones is 22. The van der Waals surface area contributed by atoms with E-state index < -0.39 is 28.9 Å². The van der Waals surface area contributed by atoms with Crippen LogP contribution in [-0.4, -0.2) is 251 Å². The molecule has 31 nitrogen and oxygen atoms in total. The zero-order chi connectivity index (χ0) is 88.1. The largest absolute Gasteiger partial charge is 0.377 e. The monoisotopic (exact) mass is 1600 g/mol. The van der Waals surface area contributed by atoms with E-state index in [1.54, 1.807) is 6.92 Å². The molecule has 0 bridgehead atoms. The van der Waals surface area contributed by atoms with Crippen LogP contribution in [0.5, 0.6) is 0 Å². The number of Topliss-reactive ketones (excluding diaryl/α,β-unsaturated/α-hetero) is 22. The number of ether oxygens (including phenoxy) is 9. The molecule has 0 aromatic heterocycles. The summed E-state index contributed by atoms with van der Waals surface area (Å²) in [5.41, 5.74) is 0. The van der Waals surface area contributed by atoms with Crippen molar-refractivity contribution < 1.29 is 148 Å². The van der Waals surface area contributed by atoms with Gasteiger partial charge in [-0.2, -0.15) is 0 Å². The van der Waals surface area contributed by atoms with Crippen LogP contribution in [0.4, 0.5) is 0 Å². The van der Waals surface area contributed by atoms with Crippen LogP contribution in [0.3, 0.4) is 0 Å². The maximum atomic E-state index is 11.0. The number of unbranched alkanes of at least 4 members (excludes halogenated alkanes) is 4. The van der Waals surface area contributed by atoms with E-state index in [1.165, 1.54) is 91.7 Å². The summed E-state index contributed by atoms with van der Waals surface area (Å²) in [5, 5.41) is 0.